The van der Waals surface area contributed by atoms with E-state index < -0.39 is 6.09 Å². The minimum absolute atomic E-state index is 0.0848. The zero-order valence-electron chi connectivity index (χ0n) is 9.62. The van der Waals surface area contributed by atoms with Crippen molar-refractivity contribution in [2.24, 2.45) is 0 Å². The Kier molecular flexibility index (Phi) is 3.67. The number of hydrogen-bond acceptors (Lipinski definition) is 5. The van der Waals surface area contributed by atoms with Gasteiger partial charge >= 0.3 is 6.09 Å². The predicted octanol–water partition coefficient (Wildman–Crippen LogP) is 0.220. The lowest BCUT2D eigenvalue weighted by Gasteiger charge is -2.03. The van der Waals surface area contributed by atoms with Gasteiger partial charge in [-0.1, -0.05) is 17.2 Å². The Morgan fingerprint density at radius 1 is 1.26 bits per heavy atom. The quantitative estimate of drug-likeness (QED) is 0.623. The molecule has 0 saturated carbocycles. The lowest BCUT2D eigenvalue weighted by molar-refractivity contribution is 0.102. The maximum atomic E-state index is 11.7. The Morgan fingerprint density at radius 3 is 2.58 bits per heavy atom. The third-order valence-electron chi connectivity index (χ3n) is 2.23. The first-order chi connectivity index (χ1) is 9.15. The SMILES string of the molecule is O=C(O)NCc1ccc(C(=O)Nc2nn[nH]n2)cc1. The minimum Gasteiger partial charge on any atom is -0.465 e. The van der Waals surface area contributed by atoms with E-state index in [0.717, 1.165) is 5.56 Å². The third-order valence-corrected chi connectivity index (χ3v) is 2.23. The fraction of sp³-hybridized carbons (Fsp3) is 0.100. The zero-order chi connectivity index (χ0) is 13.7. The van der Waals surface area contributed by atoms with Crippen LogP contribution in [0.4, 0.5) is 10.7 Å². The molecule has 0 bridgehead atoms. The van der Waals surface area contributed by atoms with Crippen LogP contribution in [-0.4, -0.2) is 37.7 Å². The molecule has 19 heavy (non-hydrogen) atoms. The molecule has 1 aromatic carbocycles. The van der Waals surface area contributed by atoms with Gasteiger partial charge in [0.05, 0.1) is 0 Å². The van der Waals surface area contributed by atoms with Crippen LogP contribution >= 0.6 is 0 Å². The highest BCUT2D eigenvalue weighted by molar-refractivity contribution is 6.03. The van der Waals surface area contributed by atoms with Gasteiger partial charge in [-0.05, 0) is 22.9 Å². The average molecular weight is 262 g/mol. The summed E-state index contributed by atoms with van der Waals surface area (Å²) in [6, 6.07) is 6.46. The van der Waals surface area contributed by atoms with E-state index in [4.69, 9.17) is 5.11 Å². The van der Waals surface area contributed by atoms with Gasteiger partial charge in [-0.15, -0.1) is 5.10 Å². The molecule has 0 fully saturated rings. The van der Waals surface area contributed by atoms with Gasteiger partial charge in [0.1, 0.15) is 0 Å². The van der Waals surface area contributed by atoms with Gasteiger partial charge in [-0.25, -0.2) is 4.79 Å². The molecule has 0 aliphatic rings. The molecule has 1 aromatic heterocycles. The van der Waals surface area contributed by atoms with Crippen molar-refractivity contribution in [3.8, 4) is 0 Å². The van der Waals surface area contributed by atoms with Crippen molar-refractivity contribution in [2.75, 3.05) is 5.32 Å². The molecule has 0 spiro atoms. The number of nitrogens with one attached hydrogen (secondary N) is 3. The molecule has 0 radical (unpaired) electrons. The summed E-state index contributed by atoms with van der Waals surface area (Å²) in [5.41, 5.74) is 1.15. The van der Waals surface area contributed by atoms with Gasteiger partial charge in [0.15, 0.2) is 0 Å². The molecule has 0 atom stereocenters. The number of amides is 2. The zero-order valence-corrected chi connectivity index (χ0v) is 9.62. The second kappa shape index (κ2) is 5.58. The van der Waals surface area contributed by atoms with Crippen LogP contribution in [0.3, 0.4) is 0 Å². The van der Waals surface area contributed by atoms with Crippen molar-refractivity contribution >= 4 is 17.9 Å². The van der Waals surface area contributed by atoms with Crippen molar-refractivity contribution in [3.63, 3.8) is 0 Å². The molecule has 9 heteroatoms. The number of hydrogen-bond donors (Lipinski definition) is 4. The number of benzene rings is 1. The summed E-state index contributed by atoms with van der Waals surface area (Å²) in [4.78, 5) is 22.1. The lowest BCUT2D eigenvalue weighted by Crippen LogP contribution is -2.20. The Hall–Kier alpha value is -2.97. The minimum atomic E-state index is -1.10. The van der Waals surface area contributed by atoms with Crippen LogP contribution in [-0.2, 0) is 6.54 Å². The van der Waals surface area contributed by atoms with Gasteiger partial charge < -0.3 is 10.4 Å². The van der Waals surface area contributed by atoms with Crippen LogP contribution in [0.1, 0.15) is 15.9 Å². The summed E-state index contributed by atoms with van der Waals surface area (Å²) in [6.07, 6.45) is -1.10. The molecule has 0 aliphatic carbocycles. The van der Waals surface area contributed by atoms with Crippen LogP contribution in [0.5, 0.6) is 0 Å². The van der Waals surface area contributed by atoms with Gasteiger partial charge in [0, 0.05) is 12.1 Å². The molecule has 98 valence electrons. The Labute approximate surface area is 107 Å². The highest BCUT2D eigenvalue weighted by atomic mass is 16.4. The maximum Gasteiger partial charge on any atom is 0.404 e. The molecular formula is C10H10N6O3. The van der Waals surface area contributed by atoms with E-state index in [-0.39, 0.29) is 18.4 Å². The number of tetrazole rings is 1. The molecule has 2 amide bonds. The van der Waals surface area contributed by atoms with Crippen LogP contribution in [0.15, 0.2) is 24.3 Å². The van der Waals surface area contributed by atoms with E-state index in [0.29, 0.717) is 5.56 Å². The topological polar surface area (TPSA) is 133 Å². The maximum absolute atomic E-state index is 11.7. The second-order valence-electron chi connectivity index (χ2n) is 3.55. The van der Waals surface area contributed by atoms with Crippen molar-refractivity contribution in [1.29, 1.82) is 0 Å². The predicted molar refractivity (Wildman–Crippen MR) is 63.4 cm³/mol. The lowest BCUT2D eigenvalue weighted by atomic mass is 10.1. The summed E-state index contributed by atoms with van der Waals surface area (Å²) in [5, 5.41) is 25.8. The monoisotopic (exact) mass is 262 g/mol. The summed E-state index contributed by atoms with van der Waals surface area (Å²) in [5.74, 6) is -0.291. The summed E-state index contributed by atoms with van der Waals surface area (Å²) in [7, 11) is 0. The van der Waals surface area contributed by atoms with Crippen molar-refractivity contribution in [2.45, 2.75) is 6.54 Å². The number of nitrogens with zero attached hydrogens (tertiary/aromatic N) is 3. The fourth-order valence-corrected chi connectivity index (χ4v) is 1.34. The number of H-pyrrole nitrogens is 1. The van der Waals surface area contributed by atoms with Crippen LogP contribution in [0.2, 0.25) is 0 Å². The van der Waals surface area contributed by atoms with Gasteiger partial charge in [0.25, 0.3) is 11.9 Å². The molecule has 4 N–H and O–H groups in total. The molecule has 9 nitrogen and oxygen atoms in total. The number of anilines is 1. The first kappa shape index (κ1) is 12.5. The highest BCUT2D eigenvalue weighted by Gasteiger charge is 2.08. The summed E-state index contributed by atoms with van der Waals surface area (Å²) >= 11 is 0. The number of carboxylic acid groups (broad SMARTS) is 1. The van der Waals surface area contributed by atoms with Crippen LogP contribution in [0.25, 0.3) is 0 Å². The molecular weight excluding hydrogens is 252 g/mol. The Bertz CT molecular complexity index is 565. The number of carbonyl (C=O) groups is 2. The standard InChI is InChI=1S/C10H10N6O3/c17-8(12-9-13-15-16-14-9)7-3-1-6(2-4-7)5-11-10(18)19/h1-4,11H,5H2,(H,18,19)(H2,12,13,14,15,16,17). The molecule has 0 unspecified atom stereocenters. The van der Waals surface area contributed by atoms with E-state index in [1.54, 1.807) is 24.3 Å². The van der Waals surface area contributed by atoms with Gasteiger partial charge in [-0.3, -0.25) is 10.1 Å². The number of rotatable bonds is 4. The van der Waals surface area contributed by atoms with Crippen molar-refractivity contribution in [1.82, 2.24) is 25.9 Å². The Balaban J connectivity index is 1.97. The van der Waals surface area contributed by atoms with Gasteiger partial charge in [0.2, 0.25) is 0 Å². The number of aromatic amines is 1. The van der Waals surface area contributed by atoms with E-state index >= 15 is 0 Å². The number of carbonyl (C=O) groups excluding carboxylic acids is 1. The smallest absolute Gasteiger partial charge is 0.404 e. The first-order valence-electron chi connectivity index (χ1n) is 5.25. The third kappa shape index (κ3) is 3.49. The Morgan fingerprint density at radius 2 is 2.00 bits per heavy atom. The molecule has 2 rings (SSSR count). The largest absolute Gasteiger partial charge is 0.465 e. The van der Waals surface area contributed by atoms with E-state index in [1.807, 2.05) is 0 Å². The van der Waals surface area contributed by atoms with Crippen LogP contribution in [0, 0.1) is 0 Å². The fourth-order valence-electron chi connectivity index (χ4n) is 1.34. The summed E-state index contributed by atoms with van der Waals surface area (Å²) < 4.78 is 0. The van der Waals surface area contributed by atoms with Crippen LogP contribution < -0.4 is 10.6 Å². The van der Waals surface area contributed by atoms with Gasteiger partial charge in [-0.2, -0.15) is 5.21 Å². The molecule has 0 saturated heterocycles. The van der Waals surface area contributed by atoms with Crippen molar-refractivity contribution in [3.05, 3.63) is 35.4 Å². The molecule has 2 aromatic rings. The van der Waals surface area contributed by atoms with E-state index in [9.17, 15) is 9.59 Å². The summed E-state index contributed by atoms with van der Waals surface area (Å²) in [6.45, 7) is 0.183. The normalized spacial score (nSPS) is 9.89. The van der Waals surface area contributed by atoms with Crippen molar-refractivity contribution < 1.29 is 14.7 Å². The second-order valence-corrected chi connectivity index (χ2v) is 3.55. The van der Waals surface area contributed by atoms with E-state index in [2.05, 4.69) is 31.3 Å². The highest BCUT2D eigenvalue weighted by Crippen LogP contribution is 2.06. The average Bonchev–Trinajstić information content (AvgIpc) is 2.89. The van der Waals surface area contributed by atoms with E-state index in [1.165, 1.54) is 0 Å². The molecule has 1 heterocycles. The molecule has 0 aliphatic heterocycles. The number of aromatic nitrogens is 4. The first-order valence-corrected chi connectivity index (χ1v) is 5.25.